The summed E-state index contributed by atoms with van der Waals surface area (Å²) in [5, 5.41) is 2.70. The molecule has 1 heterocycles. The maximum atomic E-state index is 12.4. The van der Waals surface area contributed by atoms with Crippen LogP contribution in [-0.2, 0) is 4.79 Å². The van der Waals surface area contributed by atoms with E-state index in [1.54, 1.807) is 36.3 Å². The molecule has 0 bridgehead atoms. The summed E-state index contributed by atoms with van der Waals surface area (Å²) in [5.41, 5.74) is 2.89. The van der Waals surface area contributed by atoms with Crippen LogP contribution in [-0.4, -0.2) is 56.5 Å². The van der Waals surface area contributed by atoms with Crippen molar-refractivity contribution < 1.29 is 14.3 Å². The molecule has 6 nitrogen and oxygen atoms in total. The number of aryl methyl sites for hydroxylation is 1. The molecule has 1 N–H and O–H groups in total. The van der Waals surface area contributed by atoms with Gasteiger partial charge in [0.1, 0.15) is 5.75 Å². The average Bonchev–Trinajstić information content (AvgIpc) is 2.72. The fourth-order valence-corrected chi connectivity index (χ4v) is 3.17. The van der Waals surface area contributed by atoms with E-state index in [1.165, 1.54) is 11.3 Å². The van der Waals surface area contributed by atoms with Crippen molar-refractivity contribution in [3.8, 4) is 5.75 Å². The highest BCUT2D eigenvalue weighted by atomic mass is 16.5. The van der Waals surface area contributed by atoms with Gasteiger partial charge >= 0.3 is 0 Å². The Morgan fingerprint density at radius 2 is 1.78 bits per heavy atom. The number of methoxy groups -OCH3 is 1. The topological polar surface area (TPSA) is 61.9 Å². The molecule has 27 heavy (non-hydrogen) atoms. The maximum Gasteiger partial charge on any atom is 0.251 e. The molecule has 2 aromatic rings. The Morgan fingerprint density at radius 1 is 1.04 bits per heavy atom. The van der Waals surface area contributed by atoms with Crippen molar-refractivity contribution in [3.05, 3.63) is 59.7 Å². The summed E-state index contributed by atoms with van der Waals surface area (Å²) in [7, 11) is 1.55. The number of rotatable bonds is 5. The van der Waals surface area contributed by atoms with E-state index in [1.807, 2.05) is 0 Å². The molecule has 3 rings (SSSR count). The molecule has 2 aromatic carbocycles. The summed E-state index contributed by atoms with van der Waals surface area (Å²) in [6.45, 7) is 4.97. The maximum absolute atomic E-state index is 12.4. The zero-order valence-electron chi connectivity index (χ0n) is 15.8. The second-order valence-electron chi connectivity index (χ2n) is 6.62. The smallest absolute Gasteiger partial charge is 0.251 e. The Kier molecular flexibility index (Phi) is 5.96. The summed E-state index contributed by atoms with van der Waals surface area (Å²) in [5.74, 6) is 0.275. The molecule has 142 valence electrons. The fourth-order valence-electron chi connectivity index (χ4n) is 3.17. The third-order valence-corrected chi connectivity index (χ3v) is 4.73. The van der Waals surface area contributed by atoms with Gasteiger partial charge in [-0.3, -0.25) is 9.59 Å². The minimum atomic E-state index is -0.277. The van der Waals surface area contributed by atoms with Crippen LogP contribution in [0, 0.1) is 6.92 Å². The molecule has 0 aliphatic carbocycles. The quantitative estimate of drug-likeness (QED) is 0.879. The zero-order chi connectivity index (χ0) is 19.2. The molecule has 0 atom stereocenters. The number of anilines is 1. The van der Waals surface area contributed by atoms with Gasteiger partial charge in [0, 0.05) is 37.4 Å². The van der Waals surface area contributed by atoms with Crippen molar-refractivity contribution in [2.75, 3.05) is 44.7 Å². The molecule has 0 aromatic heterocycles. The monoisotopic (exact) mass is 367 g/mol. The molecule has 1 fully saturated rings. The third kappa shape index (κ3) is 4.78. The Hall–Kier alpha value is -3.02. The van der Waals surface area contributed by atoms with E-state index in [2.05, 4.69) is 41.4 Å². The van der Waals surface area contributed by atoms with Crippen molar-refractivity contribution >= 4 is 17.5 Å². The van der Waals surface area contributed by atoms with Gasteiger partial charge in [0.15, 0.2) is 0 Å². The van der Waals surface area contributed by atoms with Gasteiger partial charge in [-0.1, -0.05) is 18.2 Å². The second-order valence-corrected chi connectivity index (χ2v) is 6.62. The molecule has 0 saturated carbocycles. The number of nitrogens with zero attached hydrogens (tertiary/aromatic N) is 2. The summed E-state index contributed by atoms with van der Waals surface area (Å²) in [6.07, 6.45) is 0. The molecule has 1 saturated heterocycles. The van der Waals surface area contributed by atoms with Gasteiger partial charge in [-0.2, -0.15) is 0 Å². The predicted octanol–water partition coefficient (Wildman–Crippen LogP) is 2.08. The van der Waals surface area contributed by atoms with E-state index in [0.29, 0.717) is 24.4 Å². The van der Waals surface area contributed by atoms with Crippen LogP contribution in [0.15, 0.2) is 48.5 Å². The van der Waals surface area contributed by atoms with Crippen LogP contribution in [0.1, 0.15) is 15.9 Å². The normalized spacial score (nSPS) is 14.0. The van der Waals surface area contributed by atoms with Crippen LogP contribution in [0.2, 0.25) is 0 Å². The zero-order valence-corrected chi connectivity index (χ0v) is 15.8. The molecule has 1 aliphatic rings. The van der Waals surface area contributed by atoms with Crippen molar-refractivity contribution in [1.29, 1.82) is 0 Å². The average molecular weight is 367 g/mol. The number of piperazine rings is 1. The molecule has 2 amide bonds. The Bertz CT molecular complexity index is 814. The fraction of sp³-hybridized carbons (Fsp3) is 0.333. The van der Waals surface area contributed by atoms with Crippen LogP contribution in [0.25, 0.3) is 0 Å². The van der Waals surface area contributed by atoms with Gasteiger partial charge in [0.25, 0.3) is 5.91 Å². The van der Waals surface area contributed by atoms with E-state index in [4.69, 9.17) is 4.74 Å². The Labute approximate surface area is 159 Å². The van der Waals surface area contributed by atoms with Crippen LogP contribution in [0.4, 0.5) is 5.69 Å². The minimum Gasteiger partial charge on any atom is -0.497 e. The third-order valence-electron chi connectivity index (χ3n) is 4.73. The highest BCUT2D eigenvalue weighted by Crippen LogP contribution is 2.18. The lowest BCUT2D eigenvalue weighted by molar-refractivity contribution is -0.130. The summed E-state index contributed by atoms with van der Waals surface area (Å²) in [6, 6.07) is 15.3. The molecule has 0 unspecified atom stereocenters. The second kappa shape index (κ2) is 8.58. The number of benzene rings is 2. The molecule has 0 radical (unpaired) electrons. The number of hydrogen-bond acceptors (Lipinski definition) is 4. The first-order chi connectivity index (χ1) is 13.1. The van der Waals surface area contributed by atoms with Crippen molar-refractivity contribution in [1.82, 2.24) is 10.2 Å². The number of carbonyl (C=O) groups excluding carboxylic acids is 2. The van der Waals surface area contributed by atoms with Crippen molar-refractivity contribution in [2.24, 2.45) is 0 Å². The highest BCUT2D eigenvalue weighted by molar-refractivity contribution is 5.96. The summed E-state index contributed by atoms with van der Waals surface area (Å²) < 4.78 is 5.12. The number of hydrogen-bond donors (Lipinski definition) is 1. The Balaban J connectivity index is 1.48. The first kappa shape index (κ1) is 18.8. The number of ether oxygens (including phenoxy) is 1. The van der Waals surface area contributed by atoms with Gasteiger partial charge in [-0.05, 0) is 42.8 Å². The summed E-state index contributed by atoms with van der Waals surface area (Å²) >= 11 is 0. The van der Waals surface area contributed by atoms with E-state index in [-0.39, 0.29) is 18.4 Å². The Morgan fingerprint density at radius 3 is 2.48 bits per heavy atom. The minimum absolute atomic E-state index is 0.000484. The first-order valence-electron chi connectivity index (χ1n) is 9.08. The number of carbonyl (C=O) groups is 2. The first-order valence-corrected chi connectivity index (χ1v) is 9.08. The van der Waals surface area contributed by atoms with Crippen molar-refractivity contribution in [3.63, 3.8) is 0 Å². The molecule has 6 heteroatoms. The number of nitrogens with one attached hydrogen (secondary N) is 1. The van der Waals surface area contributed by atoms with Gasteiger partial charge in [-0.25, -0.2) is 0 Å². The highest BCUT2D eigenvalue weighted by Gasteiger charge is 2.21. The van der Waals surface area contributed by atoms with Crippen molar-refractivity contribution in [2.45, 2.75) is 6.92 Å². The van der Waals surface area contributed by atoms with Crippen LogP contribution in [0.5, 0.6) is 5.75 Å². The van der Waals surface area contributed by atoms with Crippen LogP contribution < -0.4 is 15.0 Å². The van der Waals surface area contributed by atoms with Gasteiger partial charge in [0.2, 0.25) is 5.91 Å². The molecule has 0 spiro atoms. The van der Waals surface area contributed by atoms with E-state index < -0.39 is 0 Å². The van der Waals surface area contributed by atoms with E-state index in [0.717, 1.165) is 13.1 Å². The summed E-state index contributed by atoms with van der Waals surface area (Å²) in [4.78, 5) is 28.7. The lowest BCUT2D eigenvalue weighted by Crippen LogP contribution is -2.51. The molecular weight excluding hydrogens is 342 g/mol. The lowest BCUT2D eigenvalue weighted by atomic mass is 10.2. The SMILES string of the molecule is COc1cccc(C(=O)NCC(=O)N2CCN(c3cccc(C)c3)CC2)c1. The van der Waals surface area contributed by atoms with Crippen LogP contribution in [0.3, 0.4) is 0 Å². The lowest BCUT2D eigenvalue weighted by Gasteiger charge is -2.36. The standard InChI is InChI=1S/C21H25N3O3/c1-16-5-3-7-18(13-16)23-9-11-24(12-10-23)20(25)15-22-21(26)17-6-4-8-19(14-17)27-2/h3-8,13-14H,9-12,15H2,1-2H3,(H,22,26). The van der Waals surface area contributed by atoms with Crippen LogP contribution >= 0.6 is 0 Å². The van der Waals surface area contributed by atoms with Gasteiger partial charge < -0.3 is 19.9 Å². The van der Waals surface area contributed by atoms with Gasteiger partial charge in [0.05, 0.1) is 13.7 Å². The largest absolute Gasteiger partial charge is 0.497 e. The van der Waals surface area contributed by atoms with Gasteiger partial charge in [-0.15, -0.1) is 0 Å². The van der Waals surface area contributed by atoms with E-state index >= 15 is 0 Å². The number of amides is 2. The molecular formula is C21H25N3O3. The molecule has 1 aliphatic heterocycles. The van der Waals surface area contributed by atoms with E-state index in [9.17, 15) is 9.59 Å². The predicted molar refractivity (Wildman–Crippen MR) is 105 cm³/mol.